The molecule has 140 valence electrons. The van der Waals surface area contributed by atoms with Gasteiger partial charge in [-0.3, -0.25) is 4.79 Å². The van der Waals surface area contributed by atoms with Crippen molar-refractivity contribution in [2.45, 2.75) is 43.5 Å². The van der Waals surface area contributed by atoms with Crippen molar-refractivity contribution in [3.63, 3.8) is 0 Å². The summed E-state index contributed by atoms with van der Waals surface area (Å²) in [6.07, 6.45) is 1.83. The number of halogens is 1. The molecule has 0 aliphatic carbocycles. The third kappa shape index (κ3) is 5.28. The smallest absolute Gasteiger partial charge is 0.259 e. The van der Waals surface area contributed by atoms with Crippen LogP contribution in [0.5, 0.6) is 0 Å². The Balaban J connectivity index is 2.60. The SMILES string of the molecule is CSc1nc(Cl)cc(C[S@@](=O)(=NC(=O)C(C)(C)C)c2ccc(C)cc2)n1. The van der Waals surface area contributed by atoms with Crippen LogP contribution in [0.25, 0.3) is 0 Å². The first-order valence-electron chi connectivity index (χ1n) is 7.97. The van der Waals surface area contributed by atoms with Gasteiger partial charge in [0.15, 0.2) is 5.16 Å². The molecule has 0 fully saturated rings. The fourth-order valence-corrected chi connectivity index (χ4v) is 4.64. The van der Waals surface area contributed by atoms with Crippen molar-refractivity contribution in [2.75, 3.05) is 6.26 Å². The molecule has 1 amide bonds. The minimum absolute atomic E-state index is 0.00627. The van der Waals surface area contributed by atoms with Crippen LogP contribution in [0, 0.1) is 12.3 Å². The lowest BCUT2D eigenvalue weighted by atomic mass is 9.96. The number of benzene rings is 1. The van der Waals surface area contributed by atoms with E-state index in [1.807, 2.05) is 25.3 Å². The van der Waals surface area contributed by atoms with E-state index in [1.165, 1.54) is 11.8 Å². The molecule has 1 aromatic carbocycles. The molecule has 5 nitrogen and oxygen atoms in total. The molecule has 2 aromatic rings. The Kier molecular flexibility index (Phi) is 6.47. The topological polar surface area (TPSA) is 72.3 Å². The molecule has 26 heavy (non-hydrogen) atoms. The number of hydrogen-bond donors (Lipinski definition) is 0. The number of carbonyl (C=O) groups is 1. The Labute approximate surface area is 164 Å². The lowest BCUT2D eigenvalue weighted by Gasteiger charge is -2.16. The van der Waals surface area contributed by atoms with Gasteiger partial charge >= 0.3 is 0 Å². The van der Waals surface area contributed by atoms with Gasteiger partial charge in [-0.25, -0.2) is 14.2 Å². The molecule has 1 atom stereocenters. The van der Waals surface area contributed by atoms with E-state index in [9.17, 15) is 9.00 Å². The van der Waals surface area contributed by atoms with E-state index in [2.05, 4.69) is 14.3 Å². The van der Waals surface area contributed by atoms with Crippen LogP contribution in [-0.2, 0) is 20.3 Å². The quantitative estimate of drug-likeness (QED) is 0.412. The zero-order chi connectivity index (χ0) is 19.5. The van der Waals surface area contributed by atoms with Crippen LogP contribution in [0.1, 0.15) is 32.0 Å². The van der Waals surface area contributed by atoms with E-state index in [0.717, 1.165) is 5.56 Å². The molecule has 0 unspecified atom stereocenters. The molecular weight excluding hydrogens is 390 g/mol. The minimum Gasteiger partial charge on any atom is -0.271 e. The van der Waals surface area contributed by atoms with Crippen LogP contribution in [0.4, 0.5) is 0 Å². The van der Waals surface area contributed by atoms with E-state index in [4.69, 9.17) is 11.6 Å². The van der Waals surface area contributed by atoms with Crippen molar-refractivity contribution in [1.82, 2.24) is 9.97 Å². The van der Waals surface area contributed by atoms with Gasteiger partial charge in [0, 0.05) is 10.3 Å². The first-order chi connectivity index (χ1) is 12.0. The van der Waals surface area contributed by atoms with Crippen LogP contribution in [0.3, 0.4) is 0 Å². The second-order valence-corrected chi connectivity index (χ2v) is 10.3. The summed E-state index contributed by atoms with van der Waals surface area (Å²) in [7, 11) is -3.04. The maximum absolute atomic E-state index is 13.7. The molecule has 0 radical (unpaired) electrons. The van der Waals surface area contributed by atoms with Gasteiger partial charge in [-0.05, 0) is 31.4 Å². The summed E-state index contributed by atoms with van der Waals surface area (Å²) in [6.45, 7) is 7.20. The number of hydrogen-bond acceptors (Lipinski definition) is 5. The maximum atomic E-state index is 13.7. The molecule has 0 bridgehead atoms. The van der Waals surface area contributed by atoms with Crippen molar-refractivity contribution >= 4 is 39.0 Å². The molecule has 0 N–H and O–H groups in total. The highest BCUT2D eigenvalue weighted by Crippen LogP contribution is 2.25. The van der Waals surface area contributed by atoms with Crippen LogP contribution in [-0.4, -0.2) is 26.3 Å². The first-order valence-corrected chi connectivity index (χ1v) is 11.3. The lowest BCUT2D eigenvalue weighted by molar-refractivity contribution is -0.124. The Bertz CT molecular complexity index is 928. The Morgan fingerprint density at radius 1 is 1.23 bits per heavy atom. The van der Waals surface area contributed by atoms with E-state index in [-0.39, 0.29) is 10.9 Å². The van der Waals surface area contributed by atoms with Crippen LogP contribution in [0.2, 0.25) is 5.15 Å². The summed E-state index contributed by atoms with van der Waals surface area (Å²) in [6, 6.07) is 8.76. The van der Waals surface area contributed by atoms with Gasteiger partial charge in [-0.15, -0.1) is 0 Å². The molecule has 1 aromatic heterocycles. The summed E-state index contributed by atoms with van der Waals surface area (Å²) in [5.41, 5.74) is 0.805. The number of rotatable bonds is 4. The molecular formula is C18H22ClN3O2S2. The molecule has 2 rings (SSSR count). The molecule has 0 aliphatic heterocycles. The van der Waals surface area contributed by atoms with Gasteiger partial charge in [0.05, 0.1) is 21.2 Å². The van der Waals surface area contributed by atoms with Crippen LogP contribution < -0.4 is 0 Å². The standard InChI is InChI=1S/C18H22ClN3O2S2/c1-12-6-8-14(9-7-12)26(24,22-16(23)18(2,3)4)11-13-10-15(19)21-17(20-13)25-5/h6-10H,11H2,1-5H3/t26-/m0/s1. The predicted octanol–water partition coefficient (Wildman–Crippen LogP) is 4.76. The zero-order valence-corrected chi connectivity index (χ0v) is 17.8. The van der Waals surface area contributed by atoms with Crippen molar-refractivity contribution in [2.24, 2.45) is 9.78 Å². The van der Waals surface area contributed by atoms with Gasteiger partial charge in [-0.1, -0.05) is 61.8 Å². The summed E-state index contributed by atoms with van der Waals surface area (Å²) in [5.74, 6) is -0.415. The number of nitrogens with zero attached hydrogens (tertiary/aromatic N) is 3. The van der Waals surface area contributed by atoms with Gasteiger partial charge in [0.25, 0.3) is 5.91 Å². The second-order valence-electron chi connectivity index (χ2n) is 6.91. The van der Waals surface area contributed by atoms with Crippen molar-refractivity contribution in [3.8, 4) is 0 Å². The molecule has 0 saturated heterocycles. The highest BCUT2D eigenvalue weighted by Gasteiger charge is 2.25. The predicted molar refractivity (Wildman–Crippen MR) is 107 cm³/mol. The normalized spacial score (nSPS) is 13.9. The molecule has 1 heterocycles. The summed E-state index contributed by atoms with van der Waals surface area (Å²) in [5, 5.41) is 0.757. The lowest BCUT2D eigenvalue weighted by Crippen LogP contribution is -2.20. The average molecular weight is 412 g/mol. The highest BCUT2D eigenvalue weighted by atomic mass is 35.5. The second kappa shape index (κ2) is 8.06. The van der Waals surface area contributed by atoms with E-state index < -0.39 is 21.1 Å². The fourth-order valence-electron chi connectivity index (χ4n) is 2.00. The molecule has 8 heteroatoms. The summed E-state index contributed by atoms with van der Waals surface area (Å²) < 4.78 is 17.9. The van der Waals surface area contributed by atoms with E-state index in [0.29, 0.717) is 15.7 Å². The largest absolute Gasteiger partial charge is 0.271 e. The van der Waals surface area contributed by atoms with Gasteiger partial charge in [0.2, 0.25) is 0 Å². The third-order valence-electron chi connectivity index (χ3n) is 3.51. The maximum Gasteiger partial charge on any atom is 0.259 e. The first kappa shape index (κ1) is 20.9. The van der Waals surface area contributed by atoms with Crippen molar-refractivity contribution in [1.29, 1.82) is 0 Å². The van der Waals surface area contributed by atoms with Gasteiger partial charge in [0.1, 0.15) is 5.15 Å². The number of aryl methyl sites for hydroxylation is 1. The fraction of sp³-hybridized carbons (Fsp3) is 0.389. The van der Waals surface area contributed by atoms with Gasteiger partial charge < -0.3 is 0 Å². The number of carbonyl (C=O) groups excluding carboxylic acids is 1. The van der Waals surface area contributed by atoms with E-state index >= 15 is 0 Å². The Hall–Kier alpha value is -1.44. The zero-order valence-electron chi connectivity index (χ0n) is 15.4. The number of thioether (sulfide) groups is 1. The number of aromatic nitrogens is 2. The molecule has 0 spiro atoms. The van der Waals surface area contributed by atoms with Crippen LogP contribution in [0.15, 0.2) is 44.7 Å². The van der Waals surface area contributed by atoms with Crippen molar-refractivity contribution in [3.05, 3.63) is 46.7 Å². The van der Waals surface area contributed by atoms with Gasteiger partial charge in [-0.2, -0.15) is 4.36 Å². The van der Waals surface area contributed by atoms with Crippen LogP contribution >= 0.6 is 23.4 Å². The monoisotopic (exact) mass is 411 g/mol. The average Bonchev–Trinajstić information content (AvgIpc) is 2.53. The minimum atomic E-state index is -3.04. The molecule has 0 saturated carbocycles. The molecule has 0 aliphatic rings. The third-order valence-corrected chi connectivity index (χ3v) is 6.41. The Morgan fingerprint density at radius 2 is 1.85 bits per heavy atom. The number of amides is 1. The summed E-state index contributed by atoms with van der Waals surface area (Å²) in [4.78, 5) is 21.5. The highest BCUT2D eigenvalue weighted by molar-refractivity contribution is 7.98. The van der Waals surface area contributed by atoms with Crippen molar-refractivity contribution < 1.29 is 9.00 Å². The summed E-state index contributed by atoms with van der Waals surface area (Å²) >= 11 is 7.39. The van der Waals surface area contributed by atoms with E-state index in [1.54, 1.807) is 39.0 Å². The Morgan fingerprint density at radius 3 is 2.38 bits per heavy atom.